The van der Waals surface area contributed by atoms with Crippen LogP contribution in [0.5, 0.6) is 5.75 Å². The summed E-state index contributed by atoms with van der Waals surface area (Å²) in [5.74, 6) is 0.817. The van der Waals surface area contributed by atoms with Gasteiger partial charge in [-0.15, -0.1) is 0 Å². The molecule has 0 saturated carbocycles. The van der Waals surface area contributed by atoms with E-state index in [1.165, 1.54) is 0 Å². The lowest BCUT2D eigenvalue weighted by molar-refractivity contribution is 0.392. The highest BCUT2D eigenvalue weighted by atomic mass is 35.5. The van der Waals surface area contributed by atoms with Crippen LogP contribution < -0.4 is 10.1 Å². The van der Waals surface area contributed by atoms with E-state index in [1.54, 1.807) is 7.11 Å². The number of halogens is 1. The highest BCUT2D eigenvalue weighted by Gasteiger charge is 2.09. The predicted octanol–water partition coefficient (Wildman–Crippen LogP) is 2.22. The van der Waals surface area contributed by atoms with Crippen molar-refractivity contribution in [3.63, 3.8) is 0 Å². The van der Waals surface area contributed by atoms with E-state index >= 15 is 0 Å². The smallest absolute Gasteiger partial charge is 0.169 e. The summed E-state index contributed by atoms with van der Waals surface area (Å²) >= 11 is 11.4. The third kappa shape index (κ3) is 5.53. The van der Waals surface area contributed by atoms with Crippen LogP contribution in [0, 0.1) is 0 Å². The van der Waals surface area contributed by atoms with Crippen molar-refractivity contribution >= 4 is 28.9 Å². The number of nitrogens with one attached hydrogen (secondary N) is 1. The van der Waals surface area contributed by atoms with Crippen LogP contribution in [-0.4, -0.2) is 56.3 Å². The molecule has 0 aliphatic rings. The lowest BCUT2D eigenvalue weighted by Gasteiger charge is -2.23. The molecule has 0 aliphatic carbocycles. The van der Waals surface area contributed by atoms with Crippen LogP contribution >= 0.6 is 23.8 Å². The summed E-state index contributed by atoms with van der Waals surface area (Å²) in [5, 5.41) is 4.64. The van der Waals surface area contributed by atoms with Crippen LogP contribution in [0.3, 0.4) is 0 Å². The fraction of sp³-hybridized carbons (Fsp3) is 0.500. The number of rotatable bonds is 6. The Morgan fingerprint density at radius 1 is 1.35 bits per heavy atom. The minimum absolute atomic E-state index is 0.650. The molecule has 1 N–H and O–H groups in total. The molecule has 0 radical (unpaired) electrons. The van der Waals surface area contributed by atoms with Crippen molar-refractivity contribution in [2.45, 2.75) is 6.54 Å². The van der Waals surface area contributed by atoms with Crippen LogP contribution in [0.4, 0.5) is 0 Å². The highest BCUT2D eigenvalue weighted by Crippen LogP contribution is 2.23. The molecule has 20 heavy (non-hydrogen) atoms. The van der Waals surface area contributed by atoms with E-state index in [0.29, 0.717) is 16.7 Å². The molecule has 0 unspecified atom stereocenters. The van der Waals surface area contributed by atoms with E-state index in [-0.39, 0.29) is 0 Å². The van der Waals surface area contributed by atoms with Gasteiger partial charge in [-0.25, -0.2) is 0 Å². The zero-order chi connectivity index (χ0) is 15.1. The zero-order valence-electron chi connectivity index (χ0n) is 12.4. The normalized spacial score (nSPS) is 10.5. The predicted molar refractivity (Wildman–Crippen MR) is 88.6 cm³/mol. The molecule has 0 amide bonds. The third-order valence-electron chi connectivity index (χ3n) is 2.83. The number of likely N-dealkylation sites (N-methyl/N-ethyl adjacent to an activating group) is 1. The van der Waals surface area contributed by atoms with Gasteiger partial charge < -0.3 is 19.9 Å². The van der Waals surface area contributed by atoms with E-state index in [0.717, 1.165) is 24.4 Å². The molecule has 0 spiro atoms. The van der Waals surface area contributed by atoms with Gasteiger partial charge in [0.15, 0.2) is 5.11 Å². The third-order valence-corrected chi connectivity index (χ3v) is 3.52. The van der Waals surface area contributed by atoms with Gasteiger partial charge in [-0.05, 0) is 44.5 Å². The molecule has 1 aromatic rings. The van der Waals surface area contributed by atoms with Gasteiger partial charge in [0.05, 0.1) is 7.11 Å². The molecule has 4 nitrogen and oxygen atoms in total. The number of hydrogen-bond donors (Lipinski definition) is 1. The molecule has 0 aromatic heterocycles. The molecular formula is C14H22ClN3OS. The fourth-order valence-electron chi connectivity index (χ4n) is 1.72. The van der Waals surface area contributed by atoms with Crippen molar-refractivity contribution in [2.24, 2.45) is 0 Å². The Balaban J connectivity index is 2.58. The molecule has 1 rings (SSSR count). The van der Waals surface area contributed by atoms with Gasteiger partial charge in [0.1, 0.15) is 5.75 Å². The molecule has 1 aromatic carbocycles. The van der Waals surface area contributed by atoms with E-state index in [9.17, 15) is 0 Å². The zero-order valence-corrected chi connectivity index (χ0v) is 14.0. The van der Waals surface area contributed by atoms with E-state index in [2.05, 4.69) is 10.2 Å². The maximum absolute atomic E-state index is 6.03. The maximum Gasteiger partial charge on any atom is 0.169 e. The monoisotopic (exact) mass is 315 g/mol. The molecule has 0 heterocycles. The first kappa shape index (κ1) is 17.0. The molecule has 0 aliphatic heterocycles. The molecule has 0 atom stereocenters. The Morgan fingerprint density at radius 2 is 2.05 bits per heavy atom. The van der Waals surface area contributed by atoms with Crippen LogP contribution in [0.2, 0.25) is 5.02 Å². The van der Waals surface area contributed by atoms with Crippen molar-refractivity contribution in [1.29, 1.82) is 0 Å². The second kappa shape index (κ2) is 8.29. The second-order valence-corrected chi connectivity index (χ2v) is 5.67. The van der Waals surface area contributed by atoms with Crippen molar-refractivity contribution in [2.75, 3.05) is 41.3 Å². The molecular weight excluding hydrogens is 294 g/mol. The first-order valence-corrected chi connectivity index (χ1v) is 7.18. The Bertz CT molecular complexity index is 454. The summed E-state index contributed by atoms with van der Waals surface area (Å²) in [5.41, 5.74) is 1.01. The van der Waals surface area contributed by atoms with Gasteiger partial charge >= 0.3 is 0 Å². The average molecular weight is 316 g/mol. The minimum Gasteiger partial charge on any atom is -0.496 e. The first-order valence-electron chi connectivity index (χ1n) is 6.40. The summed E-state index contributed by atoms with van der Waals surface area (Å²) in [6, 6.07) is 5.59. The van der Waals surface area contributed by atoms with E-state index in [1.807, 2.05) is 44.2 Å². The summed E-state index contributed by atoms with van der Waals surface area (Å²) in [7, 11) is 7.67. The van der Waals surface area contributed by atoms with Crippen molar-refractivity contribution in [3.8, 4) is 5.75 Å². The standard InChI is InChI=1S/C14H22ClN3OS/c1-17(2)8-7-16-14(20)18(3)10-11-9-12(15)5-6-13(11)19-4/h5-6,9H,7-8,10H2,1-4H3,(H,16,20). The summed E-state index contributed by atoms with van der Waals surface area (Å²) < 4.78 is 5.34. The van der Waals surface area contributed by atoms with Gasteiger partial charge in [0.25, 0.3) is 0 Å². The van der Waals surface area contributed by atoms with E-state index < -0.39 is 0 Å². The Morgan fingerprint density at radius 3 is 2.65 bits per heavy atom. The molecule has 0 bridgehead atoms. The number of nitrogens with zero attached hydrogens (tertiary/aromatic N) is 2. The summed E-state index contributed by atoms with van der Waals surface area (Å²) in [4.78, 5) is 4.08. The molecule has 0 saturated heterocycles. The van der Waals surface area contributed by atoms with Crippen molar-refractivity contribution < 1.29 is 4.74 Å². The van der Waals surface area contributed by atoms with Crippen molar-refractivity contribution in [1.82, 2.24) is 15.1 Å². The molecule has 6 heteroatoms. The first-order chi connectivity index (χ1) is 9.43. The Labute approximate surface area is 131 Å². The number of methoxy groups -OCH3 is 1. The fourth-order valence-corrected chi connectivity index (χ4v) is 2.08. The Kier molecular flexibility index (Phi) is 7.05. The van der Waals surface area contributed by atoms with Crippen LogP contribution in [0.15, 0.2) is 18.2 Å². The second-order valence-electron chi connectivity index (χ2n) is 4.85. The minimum atomic E-state index is 0.650. The molecule has 112 valence electrons. The topological polar surface area (TPSA) is 27.7 Å². The Hall–Kier alpha value is -1.04. The highest BCUT2D eigenvalue weighted by molar-refractivity contribution is 7.80. The number of hydrogen-bond acceptors (Lipinski definition) is 3. The summed E-state index contributed by atoms with van der Waals surface area (Å²) in [6.07, 6.45) is 0. The van der Waals surface area contributed by atoms with Gasteiger partial charge in [0, 0.05) is 37.3 Å². The van der Waals surface area contributed by atoms with Gasteiger partial charge in [-0.1, -0.05) is 11.6 Å². The number of thiocarbonyl (C=S) groups is 1. The van der Waals surface area contributed by atoms with Gasteiger partial charge in [0.2, 0.25) is 0 Å². The van der Waals surface area contributed by atoms with Crippen LogP contribution in [-0.2, 0) is 6.54 Å². The largest absolute Gasteiger partial charge is 0.496 e. The lowest BCUT2D eigenvalue weighted by Crippen LogP contribution is -2.39. The number of benzene rings is 1. The van der Waals surface area contributed by atoms with Crippen LogP contribution in [0.25, 0.3) is 0 Å². The number of ether oxygens (including phenoxy) is 1. The summed E-state index contributed by atoms with van der Waals surface area (Å²) in [6.45, 7) is 2.41. The van der Waals surface area contributed by atoms with E-state index in [4.69, 9.17) is 28.6 Å². The van der Waals surface area contributed by atoms with Crippen molar-refractivity contribution in [3.05, 3.63) is 28.8 Å². The average Bonchev–Trinajstić information content (AvgIpc) is 2.38. The SMILES string of the molecule is COc1ccc(Cl)cc1CN(C)C(=S)NCCN(C)C. The van der Waals surface area contributed by atoms with Crippen LogP contribution in [0.1, 0.15) is 5.56 Å². The van der Waals surface area contributed by atoms with Gasteiger partial charge in [-0.2, -0.15) is 0 Å². The molecule has 0 fully saturated rings. The lowest BCUT2D eigenvalue weighted by atomic mass is 10.2. The van der Waals surface area contributed by atoms with Gasteiger partial charge in [-0.3, -0.25) is 0 Å². The quantitative estimate of drug-likeness (QED) is 0.813. The maximum atomic E-state index is 6.03.